The number of aliphatic hydroxyl groups excluding tert-OH is 1. The number of aliphatic hydroxyl groups is 1. The summed E-state index contributed by atoms with van der Waals surface area (Å²) < 4.78 is 17.1. The van der Waals surface area contributed by atoms with Crippen molar-refractivity contribution in [3.63, 3.8) is 0 Å². The van der Waals surface area contributed by atoms with Gasteiger partial charge < -0.3 is 23.9 Å². The predicted molar refractivity (Wildman–Crippen MR) is 134 cm³/mol. The molecule has 0 radical (unpaired) electrons. The Kier molecular flexibility index (Phi) is 7.13. The van der Waals surface area contributed by atoms with Gasteiger partial charge in [-0.2, -0.15) is 0 Å². The van der Waals surface area contributed by atoms with Crippen molar-refractivity contribution >= 4 is 24.8 Å². The van der Waals surface area contributed by atoms with Crippen molar-refractivity contribution in [1.82, 2.24) is 0 Å². The van der Waals surface area contributed by atoms with E-state index in [4.69, 9.17) is 13.8 Å². The lowest BCUT2D eigenvalue weighted by Gasteiger charge is -2.47. The average molecular weight is 490 g/mol. The summed E-state index contributed by atoms with van der Waals surface area (Å²) in [5.74, 6) is -0.0533. The first-order valence-electron chi connectivity index (χ1n) is 12.5. The van der Waals surface area contributed by atoms with Gasteiger partial charge in [0, 0.05) is 30.1 Å². The lowest BCUT2D eigenvalue weighted by Crippen LogP contribution is -2.51. The van der Waals surface area contributed by atoms with Gasteiger partial charge in [0.05, 0.1) is 12.7 Å². The number of hydrogen-bond donors (Lipinski definition) is 2. The van der Waals surface area contributed by atoms with Crippen molar-refractivity contribution in [2.75, 3.05) is 13.7 Å². The smallest absolute Gasteiger partial charge is 0.455 e. The van der Waals surface area contributed by atoms with Gasteiger partial charge in [-0.3, -0.25) is 9.59 Å². The third-order valence-electron chi connectivity index (χ3n) is 7.71. The molecule has 5 rings (SSSR count). The zero-order valence-electron chi connectivity index (χ0n) is 20.6. The average Bonchev–Trinajstić information content (AvgIpc) is 3.33. The van der Waals surface area contributed by atoms with Crippen LogP contribution in [0.3, 0.4) is 0 Å². The van der Waals surface area contributed by atoms with E-state index in [1.165, 1.54) is 0 Å². The highest BCUT2D eigenvalue weighted by atomic mass is 16.5. The zero-order valence-corrected chi connectivity index (χ0v) is 20.6. The molecule has 1 aliphatic heterocycles. The first-order valence-corrected chi connectivity index (χ1v) is 12.5. The summed E-state index contributed by atoms with van der Waals surface area (Å²) in [6.45, 7) is 2.21. The fourth-order valence-corrected chi connectivity index (χ4v) is 6.21. The Balaban J connectivity index is 1.45. The fourth-order valence-electron chi connectivity index (χ4n) is 6.21. The van der Waals surface area contributed by atoms with E-state index in [9.17, 15) is 19.7 Å². The quantitative estimate of drug-likeness (QED) is 0.445. The molecule has 0 bridgehead atoms. The van der Waals surface area contributed by atoms with Gasteiger partial charge in [-0.05, 0) is 67.8 Å². The number of allylic oxidation sites excluding steroid dienone is 1. The second kappa shape index (κ2) is 10.3. The van der Waals surface area contributed by atoms with Crippen molar-refractivity contribution in [3.05, 3.63) is 75.8 Å². The normalized spacial score (nSPS) is 26.1. The molecular weight excluding hydrogens is 459 g/mol. The Bertz CT molecular complexity index is 1230. The van der Waals surface area contributed by atoms with Gasteiger partial charge in [0.15, 0.2) is 11.6 Å². The Morgan fingerprint density at radius 2 is 1.89 bits per heavy atom. The highest BCUT2D eigenvalue weighted by Gasteiger charge is 2.53. The van der Waals surface area contributed by atoms with Crippen LogP contribution in [0.25, 0.3) is 6.08 Å². The van der Waals surface area contributed by atoms with Gasteiger partial charge in [0.25, 0.3) is 0 Å². The summed E-state index contributed by atoms with van der Waals surface area (Å²) in [6.07, 6.45) is 3.60. The molecule has 4 atom stereocenters. The molecule has 2 N–H and O–H groups in total. The topological polar surface area (TPSA) is 106 Å². The first kappa shape index (κ1) is 24.9. The van der Waals surface area contributed by atoms with E-state index in [-0.39, 0.29) is 36.5 Å². The number of furan rings is 1. The second-order valence-corrected chi connectivity index (χ2v) is 10.0. The number of carbonyl (C=O) groups excluding carboxylic acids is 2. The Hall–Kier alpha value is -2.78. The maximum absolute atomic E-state index is 13.7. The molecule has 36 heavy (non-hydrogen) atoms. The van der Waals surface area contributed by atoms with Crippen LogP contribution in [0, 0.1) is 17.8 Å². The van der Waals surface area contributed by atoms with E-state index < -0.39 is 19.0 Å². The highest BCUT2D eigenvalue weighted by molar-refractivity contribution is 6.43. The van der Waals surface area contributed by atoms with Crippen LogP contribution >= 0.6 is 0 Å². The molecule has 3 aliphatic rings. The Morgan fingerprint density at radius 1 is 1.14 bits per heavy atom. The number of methoxy groups -OCH3 is 1. The van der Waals surface area contributed by atoms with Gasteiger partial charge in [-0.1, -0.05) is 29.8 Å². The van der Waals surface area contributed by atoms with Gasteiger partial charge in [0.1, 0.15) is 18.1 Å². The molecule has 1 aromatic carbocycles. The minimum atomic E-state index is -1.01. The molecular formula is C28H31BO7. The number of benzene rings is 1. The van der Waals surface area contributed by atoms with Crippen molar-refractivity contribution in [2.45, 2.75) is 45.2 Å². The molecule has 0 amide bonds. The van der Waals surface area contributed by atoms with Gasteiger partial charge >= 0.3 is 7.12 Å². The number of rotatable bonds is 7. The summed E-state index contributed by atoms with van der Waals surface area (Å²) in [5, 5.41) is 19.9. The van der Waals surface area contributed by atoms with Gasteiger partial charge in [0.2, 0.25) is 0 Å². The summed E-state index contributed by atoms with van der Waals surface area (Å²) in [6, 6.07) is 10.6. The SMILES string of the molecule is COCC1=C2[C@@H](CC/C(C)=C/c3ccc(CO)o3)OB(O)C[C@@H]2[C@@H]2C(=O)c3ccccc3C(=O)[C@@H]2C1. The molecule has 7 nitrogen and oxygen atoms in total. The number of carbonyl (C=O) groups is 2. The van der Waals surface area contributed by atoms with E-state index >= 15 is 0 Å². The minimum absolute atomic E-state index is 0.000131. The Morgan fingerprint density at radius 3 is 2.58 bits per heavy atom. The number of ether oxygens (including phenoxy) is 1. The summed E-state index contributed by atoms with van der Waals surface area (Å²) in [4.78, 5) is 27.1. The van der Waals surface area contributed by atoms with Gasteiger partial charge in [-0.15, -0.1) is 0 Å². The maximum Gasteiger partial charge on any atom is 0.455 e. The molecule has 2 heterocycles. The van der Waals surface area contributed by atoms with Crippen LogP contribution in [0.5, 0.6) is 0 Å². The molecule has 0 spiro atoms. The van der Waals surface area contributed by atoms with Crippen LogP contribution in [0.15, 0.2) is 57.5 Å². The molecule has 1 aromatic heterocycles. The summed E-state index contributed by atoms with van der Waals surface area (Å²) in [5.41, 5.74) is 4.06. The van der Waals surface area contributed by atoms with Gasteiger partial charge in [-0.25, -0.2) is 0 Å². The fraction of sp³-hybridized carbons (Fsp3) is 0.429. The number of ketones is 2. The van der Waals surface area contributed by atoms with Crippen molar-refractivity contribution in [1.29, 1.82) is 0 Å². The third-order valence-corrected chi connectivity index (χ3v) is 7.71. The first-order chi connectivity index (χ1) is 17.4. The molecule has 2 aliphatic carbocycles. The van der Waals surface area contributed by atoms with Crippen LogP contribution < -0.4 is 0 Å². The van der Waals surface area contributed by atoms with E-state index in [1.807, 2.05) is 19.1 Å². The zero-order chi connectivity index (χ0) is 25.4. The number of fused-ring (bicyclic) bond motifs is 4. The van der Waals surface area contributed by atoms with E-state index in [0.29, 0.717) is 48.5 Å². The molecule has 1 saturated heterocycles. The van der Waals surface area contributed by atoms with Crippen LogP contribution in [0.4, 0.5) is 0 Å². The van der Waals surface area contributed by atoms with Crippen molar-refractivity contribution < 1.29 is 33.5 Å². The monoisotopic (exact) mass is 490 g/mol. The summed E-state index contributed by atoms with van der Waals surface area (Å²) >= 11 is 0. The van der Waals surface area contributed by atoms with E-state index in [1.54, 1.807) is 37.4 Å². The molecule has 0 saturated carbocycles. The predicted octanol–water partition coefficient (Wildman–Crippen LogP) is 4.11. The largest absolute Gasteiger partial charge is 0.459 e. The molecule has 1 fully saturated rings. The molecule has 2 aromatic rings. The van der Waals surface area contributed by atoms with Crippen molar-refractivity contribution in [3.8, 4) is 0 Å². The highest BCUT2D eigenvalue weighted by Crippen LogP contribution is 2.50. The third kappa shape index (κ3) is 4.54. The van der Waals surface area contributed by atoms with Crippen LogP contribution in [-0.2, 0) is 16.0 Å². The lowest BCUT2D eigenvalue weighted by atomic mass is 9.54. The van der Waals surface area contributed by atoms with Crippen molar-refractivity contribution in [2.24, 2.45) is 17.8 Å². The summed E-state index contributed by atoms with van der Waals surface area (Å²) in [7, 11) is 0.621. The Labute approximate surface area is 210 Å². The molecule has 8 heteroatoms. The van der Waals surface area contributed by atoms with E-state index in [0.717, 1.165) is 16.7 Å². The minimum Gasteiger partial charge on any atom is -0.459 e. The van der Waals surface area contributed by atoms with E-state index in [2.05, 4.69) is 0 Å². The second-order valence-electron chi connectivity index (χ2n) is 10.0. The van der Waals surface area contributed by atoms with Crippen LogP contribution in [0.1, 0.15) is 58.4 Å². The number of hydrogen-bond acceptors (Lipinski definition) is 7. The standard InChI is InChI=1S/C28H31BO7/c1-16(11-18-8-9-19(14-30)35-18)7-10-24-25-17(15-34-2)12-22-26(23(25)13-29(33)36-24)28(32)21-6-4-3-5-20(21)27(22)31/h3-6,8-9,11,22-24,26,30,33H,7,10,12-15H2,1-2H3/b16-11+/t22-,23+,24-,26-/m1/s1. The molecule has 188 valence electrons. The van der Waals surface area contributed by atoms with Crippen LogP contribution in [-0.4, -0.2) is 48.6 Å². The molecule has 0 unspecified atom stereocenters. The van der Waals surface area contributed by atoms with Crippen LogP contribution in [0.2, 0.25) is 6.32 Å². The maximum atomic E-state index is 13.7. The lowest BCUT2D eigenvalue weighted by molar-refractivity contribution is 0.0584. The number of Topliss-reactive ketones (excluding diaryl/α,β-unsaturated/α-hetero) is 2.